The Hall–Kier alpha value is -0.510. The highest BCUT2D eigenvalue weighted by molar-refractivity contribution is 4.94. The van der Waals surface area contributed by atoms with Crippen molar-refractivity contribution in [3.63, 3.8) is 0 Å². The Kier molecular flexibility index (Phi) is 2.58. The molecule has 0 N–H and O–H groups in total. The third-order valence-corrected chi connectivity index (χ3v) is 4.22. The summed E-state index contributed by atoms with van der Waals surface area (Å²) in [5.74, 6) is 2.90. The summed E-state index contributed by atoms with van der Waals surface area (Å²) in [6.07, 6.45) is 8.20. The van der Waals surface area contributed by atoms with Gasteiger partial charge in [0, 0.05) is 5.92 Å². The molecule has 2 aliphatic carbocycles. The first kappa shape index (κ1) is 9.06. The second-order valence-electron chi connectivity index (χ2n) is 4.98. The van der Waals surface area contributed by atoms with E-state index in [-0.39, 0.29) is 0 Å². The lowest BCUT2D eigenvalue weighted by molar-refractivity contribution is 0.121. The van der Waals surface area contributed by atoms with Crippen molar-refractivity contribution in [1.29, 1.82) is 5.26 Å². The molecule has 1 nitrogen and oxygen atoms in total. The number of hydrogen-bond donors (Lipinski definition) is 0. The maximum Gasteiger partial charge on any atom is 0.0658 e. The van der Waals surface area contributed by atoms with E-state index < -0.39 is 0 Å². The van der Waals surface area contributed by atoms with Crippen LogP contribution in [0.2, 0.25) is 0 Å². The minimum Gasteiger partial charge on any atom is -0.198 e. The minimum atomic E-state index is 0.361. The fraction of sp³-hybridized carbons (Fsp3) is 0.917. The molecule has 0 heterocycles. The van der Waals surface area contributed by atoms with Gasteiger partial charge in [-0.2, -0.15) is 5.26 Å². The molecule has 3 unspecified atom stereocenters. The topological polar surface area (TPSA) is 23.8 Å². The molecule has 2 aliphatic rings. The van der Waals surface area contributed by atoms with Gasteiger partial charge in [-0.15, -0.1) is 0 Å². The van der Waals surface area contributed by atoms with E-state index in [2.05, 4.69) is 13.0 Å². The van der Waals surface area contributed by atoms with Crippen LogP contribution in [0.25, 0.3) is 0 Å². The molecule has 0 aromatic carbocycles. The number of nitriles is 1. The van der Waals surface area contributed by atoms with Gasteiger partial charge in [-0.1, -0.05) is 26.2 Å². The van der Waals surface area contributed by atoms with Crippen molar-refractivity contribution in [3.05, 3.63) is 0 Å². The molecule has 72 valence electrons. The summed E-state index contributed by atoms with van der Waals surface area (Å²) in [7, 11) is 0. The van der Waals surface area contributed by atoms with Crippen molar-refractivity contribution in [2.24, 2.45) is 23.7 Å². The quantitative estimate of drug-likeness (QED) is 0.602. The van der Waals surface area contributed by atoms with E-state index in [4.69, 9.17) is 5.26 Å². The molecule has 0 spiro atoms. The van der Waals surface area contributed by atoms with Crippen molar-refractivity contribution in [3.8, 4) is 6.07 Å². The van der Waals surface area contributed by atoms with Crippen LogP contribution in [0.3, 0.4) is 0 Å². The summed E-state index contributed by atoms with van der Waals surface area (Å²) >= 11 is 0. The van der Waals surface area contributed by atoms with Crippen LogP contribution in [0.5, 0.6) is 0 Å². The molecule has 0 bridgehead atoms. The molecule has 2 rings (SSSR count). The average molecular weight is 177 g/mol. The van der Waals surface area contributed by atoms with E-state index >= 15 is 0 Å². The van der Waals surface area contributed by atoms with E-state index in [1.54, 1.807) is 0 Å². The maximum atomic E-state index is 9.00. The number of hydrogen-bond acceptors (Lipinski definition) is 1. The summed E-state index contributed by atoms with van der Waals surface area (Å²) in [6.45, 7) is 2.24. The third-order valence-electron chi connectivity index (χ3n) is 4.22. The zero-order valence-electron chi connectivity index (χ0n) is 8.50. The molecule has 1 heteroatoms. The summed E-state index contributed by atoms with van der Waals surface area (Å²) in [4.78, 5) is 0. The lowest BCUT2D eigenvalue weighted by atomic mass is 9.65. The predicted octanol–water partition coefficient (Wildman–Crippen LogP) is 3.36. The smallest absolute Gasteiger partial charge is 0.0658 e. The van der Waals surface area contributed by atoms with Crippen molar-refractivity contribution in [2.45, 2.75) is 45.4 Å². The van der Waals surface area contributed by atoms with Gasteiger partial charge in [-0.05, 0) is 37.0 Å². The van der Waals surface area contributed by atoms with Crippen LogP contribution in [-0.2, 0) is 0 Å². The largest absolute Gasteiger partial charge is 0.198 e. The van der Waals surface area contributed by atoms with Crippen LogP contribution in [0.4, 0.5) is 0 Å². The lowest BCUT2D eigenvalue weighted by Crippen LogP contribution is -2.30. The summed E-state index contributed by atoms with van der Waals surface area (Å²) < 4.78 is 0. The summed E-state index contributed by atoms with van der Waals surface area (Å²) in [6, 6.07) is 2.49. The zero-order valence-corrected chi connectivity index (χ0v) is 8.50. The Morgan fingerprint density at radius 3 is 2.38 bits per heavy atom. The van der Waals surface area contributed by atoms with E-state index in [1.165, 1.54) is 38.5 Å². The highest BCUT2D eigenvalue weighted by Crippen LogP contribution is 2.44. The molecule has 0 amide bonds. The zero-order chi connectivity index (χ0) is 9.26. The van der Waals surface area contributed by atoms with E-state index in [0.29, 0.717) is 11.8 Å². The minimum absolute atomic E-state index is 0.361. The van der Waals surface area contributed by atoms with Gasteiger partial charge in [-0.3, -0.25) is 0 Å². The molecule has 2 saturated carbocycles. The monoisotopic (exact) mass is 177 g/mol. The Bertz CT molecular complexity index is 212. The van der Waals surface area contributed by atoms with E-state index in [0.717, 1.165) is 11.8 Å². The van der Waals surface area contributed by atoms with Gasteiger partial charge in [0.15, 0.2) is 0 Å². The number of nitrogens with zero attached hydrogens (tertiary/aromatic N) is 1. The van der Waals surface area contributed by atoms with Crippen LogP contribution in [0, 0.1) is 35.0 Å². The highest BCUT2D eigenvalue weighted by Gasteiger charge is 2.34. The summed E-state index contributed by atoms with van der Waals surface area (Å²) in [5.41, 5.74) is 0. The molecule has 13 heavy (non-hydrogen) atoms. The first-order valence-electron chi connectivity index (χ1n) is 5.71. The van der Waals surface area contributed by atoms with Gasteiger partial charge in [0.05, 0.1) is 6.07 Å². The fourth-order valence-electron chi connectivity index (χ4n) is 2.87. The van der Waals surface area contributed by atoms with Crippen LogP contribution >= 0.6 is 0 Å². The second-order valence-corrected chi connectivity index (χ2v) is 4.98. The SMILES string of the molecule is CC1CCC(C2CCC2)CC1C#N. The Balaban J connectivity index is 1.90. The van der Waals surface area contributed by atoms with Gasteiger partial charge in [0.25, 0.3) is 0 Å². The highest BCUT2D eigenvalue weighted by atomic mass is 14.4. The lowest BCUT2D eigenvalue weighted by Gasteiger charge is -2.39. The molecule has 0 aromatic rings. The molecule has 3 atom stereocenters. The third kappa shape index (κ3) is 1.73. The molecule has 0 saturated heterocycles. The van der Waals surface area contributed by atoms with Gasteiger partial charge < -0.3 is 0 Å². The molecular formula is C12H19N. The van der Waals surface area contributed by atoms with Gasteiger partial charge in [0.1, 0.15) is 0 Å². The maximum absolute atomic E-state index is 9.00. The molecule has 0 aromatic heterocycles. The van der Waals surface area contributed by atoms with Crippen LogP contribution in [0.15, 0.2) is 0 Å². The molecule has 2 fully saturated rings. The number of rotatable bonds is 1. The second kappa shape index (κ2) is 3.70. The molecule has 0 aliphatic heterocycles. The van der Waals surface area contributed by atoms with Gasteiger partial charge in [0.2, 0.25) is 0 Å². The standard InChI is InChI=1S/C12H19N/c1-9-5-6-11(7-12(9)8-13)10-3-2-4-10/h9-12H,2-7H2,1H3. The Labute approximate surface area is 81.1 Å². The average Bonchev–Trinajstić information content (AvgIpc) is 2.05. The van der Waals surface area contributed by atoms with Gasteiger partial charge in [-0.25, -0.2) is 0 Å². The van der Waals surface area contributed by atoms with E-state index in [9.17, 15) is 0 Å². The van der Waals surface area contributed by atoms with Gasteiger partial charge >= 0.3 is 0 Å². The normalized spacial score (nSPS) is 40.8. The Morgan fingerprint density at radius 1 is 1.08 bits per heavy atom. The van der Waals surface area contributed by atoms with Crippen LogP contribution in [-0.4, -0.2) is 0 Å². The van der Waals surface area contributed by atoms with E-state index in [1.807, 2.05) is 0 Å². The van der Waals surface area contributed by atoms with Crippen molar-refractivity contribution in [1.82, 2.24) is 0 Å². The van der Waals surface area contributed by atoms with Crippen molar-refractivity contribution < 1.29 is 0 Å². The van der Waals surface area contributed by atoms with Crippen LogP contribution in [0.1, 0.15) is 45.4 Å². The predicted molar refractivity (Wildman–Crippen MR) is 52.9 cm³/mol. The fourth-order valence-corrected chi connectivity index (χ4v) is 2.87. The summed E-state index contributed by atoms with van der Waals surface area (Å²) in [5, 5.41) is 9.00. The molecular weight excluding hydrogens is 158 g/mol. The van der Waals surface area contributed by atoms with Crippen molar-refractivity contribution >= 4 is 0 Å². The molecule has 0 radical (unpaired) electrons. The first-order valence-corrected chi connectivity index (χ1v) is 5.71. The van der Waals surface area contributed by atoms with Crippen molar-refractivity contribution in [2.75, 3.05) is 0 Å². The Morgan fingerprint density at radius 2 is 1.85 bits per heavy atom. The first-order chi connectivity index (χ1) is 6.31. The van der Waals surface area contributed by atoms with Crippen LogP contribution < -0.4 is 0 Å².